The fraction of sp³-hybridized carbons (Fsp3) is 0.524. The molecular weight excluding hydrogens is 372 g/mol. The number of aromatic nitrogens is 2. The molecule has 1 aromatic heterocycles. The van der Waals surface area contributed by atoms with Crippen molar-refractivity contribution in [2.75, 3.05) is 19.0 Å². The van der Waals surface area contributed by atoms with E-state index in [1.807, 2.05) is 6.92 Å². The van der Waals surface area contributed by atoms with Gasteiger partial charge in [-0.25, -0.2) is 0 Å². The summed E-state index contributed by atoms with van der Waals surface area (Å²) in [6.45, 7) is 6.82. The van der Waals surface area contributed by atoms with Crippen molar-refractivity contribution in [3.8, 4) is 0 Å². The van der Waals surface area contributed by atoms with Gasteiger partial charge in [-0.1, -0.05) is 25.1 Å². The van der Waals surface area contributed by atoms with E-state index in [0.717, 1.165) is 12.8 Å². The Balaban J connectivity index is 1.68. The number of hydrogen-bond donors (Lipinski definition) is 1. The molecule has 2 aromatic rings. The van der Waals surface area contributed by atoms with Gasteiger partial charge in [0.2, 0.25) is 5.89 Å². The first kappa shape index (κ1) is 21.0. The molecule has 1 aromatic carbocycles. The van der Waals surface area contributed by atoms with E-state index in [2.05, 4.69) is 29.3 Å². The van der Waals surface area contributed by atoms with Crippen molar-refractivity contribution in [2.45, 2.75) is 52.7 Å². The zero-order valence-corrected chi connectivity index (χ0v) is 17.4. The summed E-state index contributed by atoms with van der Waals surface area (Å²) in [6.07, 6.45) is 1.89. The Morgan fingerprint density at radius 1 is 1.34 bits per heavy atom. The predicted molar refractivity (Wildman–Crippen MR) is 107 cm³/mol. The first-order valence-corrected chi connectivity index (χ1v) is 9.94. The van der Waals surface area contributed by atoms with Crippen molar-refractivity contribution < 1.29 is 18.8 Å². The molecule has 2 heterocycles. The maximum atomic E-state index is 13.0. The van der Waals surface area contributed by atoms with E-state index in [-0.39, 0.29) is 18.4 Å². The second kappa shape index (κ2) is 9.17. The van der Waals surface area contributed by atoms with Crippen molar-refractivity contribution >= 4 is 17.5 Å². The number of nitrogens with one attached hydrogen (secondary N) is 1. The van der Waals surface area contributed by atoms with Crippen molar-refractivity contribution in [3.05, 3.63) is 41.0 Å². The average Bonchev–Trinajstić information content (AvgIpc) is 3.34. The van der Waals surface area contributed by atoms with E-state index < -0.39 is 6.10 Å². The molecule has 0 radical (unpaired) electrons. The number of hydrogen-bond acceptors (Lipinski definition) is 6. The number of amides is 2. The molecule has 1 unspecified atom stereocenters. The number of rotatable bonds is 7. The van der Waals surface area contributed by atoms with E-state index in [9.17, 15) is 9.59 Å². The van der Waals surface area contributed by atoms with E-state index in [0.29, 0.717) is 47.5 Å². The van der Waals surface area contributed by atoms with E-state index in [1.165, 1.54) is 4.90 Å². The van der Waals surface area contributed by atoms with Gasteiger partial charge in [0.05, 0.1) is 6.54 Å². The second-order valence-electron chi connectivity index (χ2n) is 7.83. The Hall–Kier alpha value is -2.74. The van der Waals surface area contributed by atoms with Gasteiger partial charge in [-0.2, -0.15) is 4.98 Å². The third-order valence-corrected chi connectivity index (χ3v) is 4.86. The molecule has 8 nitrogen and oxygen atoms in total. The van der Waals surface area contributed by atoms with E-state index >= 15 is 0 Å². The van der Waals surface area contributed by atoms with E-state index in [1.54, 1.807) is 25.2 Å². The van der Waals surface area contributed by atoms with Crippen LogP contribution >= 0.6 is 0 Å². The summed E-state index contributed by atoms with van der Waals surface area (Å²) in [5, 5.41) is 6.84. The number of nitrogens with zero attached hydrogens (tertiary/aromatic N) is 3. The Kier molecular flexibility index (Phi) is 6.64. The molecule has 8 heteroatoms. The van der Waals surface area contributed by atoms with Gasteiger partial charge in [-0.3, -0.25) is 9.59 Å². The quantitative estimate of drug-likeness (QED) is 0.767. The topological polar surface area (TPSA) is 97.6 Å². The standard InChI is InChI=1S/C21H28N4O4/c1-13(2)11-19-23-18(24-29-19)12-25(4)21(27)15-7-5-8-16(14(15)3)22-20(26)17-9-6-10-28-17/h5,7-8,13,17H,6,9-12H2,1-4H3,(H,22,26). The van der Waals surface area contributed by atoms with Crippen LogP contribution in [0.1, 0.15) is 54.3 Å². The molecule has 2 amide bonds. The summed E-state index contributed by atoms with van der Waals surface area (Å²) < 4.78 is 10.7. The zero-order chi connectivity index (χ0) is 21.0. The minimum Gasteiger partial charge on any atom is -0.368 e. The van der Waals surface area contributed by atoms with Gasteiger partial charge >= 0.3 is 0 Å². The van der Waals surface area contributed by atoms with Crippen LogP contribution in [-0.4, -0.2) is 46.6 Å². The molecule has 0 bridgehead atoms. The Bertz CT molecular complexity index is 871. The highest BCUT2D eigenvalue weighted by Crippen LogP contribution is 2.22. The van der Waals surface area contributed by atoms with Crippen molar-refractivity contribution in [2.24, 2.45) is 5.92 Å². The fourth-order valence-corrected chi connectivity index (χ4v) is 3.28. The summed E-state index contributed by atoms with van der Waals surface area (Å²) in [5.41, 5.74) is 1.84. The molecule has 1 aliphatic rings. The van der Waals surface area contributed by atoms with Crippen LogP contribution in [0, 0.1) is 12.8 Å². The molecule has 29 heavy (non-hydrogen) atoms. The number of benzene rings is 1. The van der Waals surface area contributed by atoms with E-state index in [4.69, 9.17) is 9.26 Å². The Labute approximate surface area is 170 Å². The van der Waals surface area contributed by atoms with Crippen molar-refractivity contribution in [3.63, 3.8) is 0 Å². The number of carbonyl (C=O) groups is 2. The molecule has 0 saturated carbocycles. The SMILES string of the molecule is Cc1c(NC(=O)C2CCCO2)cccc1C(=O)N(C)Cc1noc(CC(C)C)n1. The first-order valence-electron chi connectivity index (χ1n) is 9.94. The molecule has 1 atom stereocenters. The molecule has 1 saturated heterocycles. The van der Waals surface area contributed by atoms with Crippen LogP contribution in [0.25, 0.3) is 0 Å². The lowest BCUT2D eigenvalue weighted by Gasteiger charge is -2.19. The van der Waals surface area contributed by atoms with Crippen LogP contribution in [0.5, 0.6) is 0 Å². The smallest absolute Gasteiger partial charge is 0.254 e. The third-order valence-electron chi connectivity index (χ3n) is 4.86. The summed E-state index contributed by atoms with van der Waals surface area (Å²) in [6, 6.07) is 5.29. The van der Waals surface area contributed by atoms with Crippen LogP contribution in [0.15, 0.2) is 22.7 Å². The first-order chi connectivity index (χ1) is 13.8. The summed E-state index contributed by atoms with van der Waals surface area (Å²) in [7, 11) is 1.69. The predicted octanol–water partition coefficient (Wildman–Crippen LogP) is 2.97. The third kappa shape index (κ3) is 5.20. The monoisotopic (exact) mass is 400 g/mol. The summed E-state index contributed by atoms with van der Waals surface area (Å²) in [5.74, 6) is 1.11. The zero-order valence-electron chi connectivity index (χ0n) is 17.4. The molecule has 1 N–H and O–H groups in total. The van der Waals surface area contributed by atoms with Crippen LogP contribution < -0.4 is 5.32 Å². The van der Waals surface area contributed by atoms with Gasteiger partial charge in [-0.15, -0.1) is 0 Å². The van der Waals surface area contributed by atoms with Gasteiger partial charge < -0.3 is 19.5 Å². The summed E-state index contributed by atoms with van der Waals surface area (Å²) >= 11 is 0. The molecule has 0 aliphatic carbocycles. The Morgan fingerprint density at radius 3 is 2.83 bits per heavy atom. The largest absolute Gasteiger partial charge is 0.368 e. The molecule has 1 aliphatic heterocycles. The van der Waals surface area contributed by atoms with Gasteiger partial charge in [0.1, 0.15) is 6.10 Å². The molecular formula is C21H28N4O4. The minimum atomic E-state index is -0.422. The lowest BCUT2D eigenvalue weighted by molar-refractivity contribution is -0.124. The number of anilines is 1. The molecule has 3 rings (SSSR count). The summed E-state index contributed by atoms with van der Waals surface area (Å²) in [4.78, 5) is 31.2. The van der Waals surface area contributed by atoms with Crippen LogP contribution in [0.2, 0.25) is 0 Å². The van der Waals surface area contributed by atoms with Gasteiger partial charge in [0, 0.05) is 31.3 Å². The fourth-order valence-electron chi connectivity index (χ4n) is 3.28. The highest BCUT2D eigenvalue weighted by molar-refractivity contribution is 6.00. The number of ether oxygens (including phenoxy) is 1. The van der Waals surface area contributed by atoms with Crippen molar-refractivity contribution in [1.29, 1.82) is 0 Å². The number of carbonyl (C=O) groups excluding carboxylic acids is 2. The molecule has 156 valence electrons. The highest BCUT2D eigenvalue weighted by Gasteiger charge is 2.25. The minimum absolute atomic E-state index is 0.173. The van der Waals surface area contributed by atoms with Gasteiger partial charge in [0.15, 0.2) is 5.82 Å². The molecule has 0 spiro atoms. The Morgan fingerprint density at radius 2 is 2.14 bits per heavy atom. The lowest BCUT2D eigenvalue weighted by Crippen LogP contribution is -2.29. The second-order valence-corrected chi connectivity index (χ2v) is 7.83. The lowest BCUT2D eigenvalue weighted by atomic mass is 10.0. The maximum absolute atomic E-state index is 13.0. The van der Waals surface area contributed by atoms with Crippen LogP contribution in [0.3, 0.4) is 0 Å². The average molecular weight is 400 g/mol. The maximum Gasteiger partial charge on any atom is 0.254 e. The van der Waals surface area contributed by atoms with Gasteiger partial charge in [-0.05, 0) is 43.4 Å². The normalized spacial score (nSPS) is 16.2. The van der Waals surface area contributed by atoms with Crippen LogP contribution in [-0.2, 0) is 22.5 Å². The highest BCUT2D eigenvalue weighted by atomic mass is 16.5. The van der Waals surface area contributed by atoms with Gasteiger partial charge in [0.25, 0.3) is 11.8 Å². The molecule has 1 fully saturated rings. The van der Waals surface area contributed by atoms with Crippen LogP contribution in [0.4, 0.5) is 5.69 Å². The van der Waals surface area contributed by atoms with Crippen molar-refractivity contribution in [1.82, 2.24) is 15.0 Å².